The number of aryl methyl sites for hydroxylation is 1. The summed E-state index contributed by atoms with van der Waals surface area (Å²) >= 11 is 1.33. The van der Waals surface area contributed by atoms with E-state index in [0.29, 0.717) is 10.7 Å². The second-order valence-corrected chi connectivity index (χ2v) is 5.99. The van der Waals surface area contributed by atoms with E-state index in [1.54, 1.807) is 24.6 Å². The number of aromatic nitrogens is 2. The fraction of sp³-hybridized carbons (Fsp3) is 0.188. The lowest BCUT2D eigenvalue weighted by molar-refractivity contribution is -0.122. The number of nitrogens with one attached hydrogen (secondary N) is 1. The summed E-state index contributed by atoms with van der Waals surface area (Å²) in [5.41, 5.74) is 0.124. The van der Waals surface area contributed by atoms with Gasteiger partial charge in [0.1, 0.15) is 5.69 Å². The van der Waals surface area contributed by atoms with Crippen LogP contribution in [0.3, 0.4) is 0 Å². The fourth-order valence-corrected chi connectivity index (χ4v) is 2.89. The number of fused-ring (bicyclic) bond motifs is 1. The van der Waals surface area contributed by atoms with E-state index >= 15 is 0 Å². The standard InChI is InChI=1S/C16H14FN3O3S/c1-9-13(15(22)20-7-8-24-16(20)18-9)19-14(21)10(2)23-12-6-4-3-5-11(12)17/h3-8,10H,1-2H3,(H,19,21). The van der Waals surface area contributed by atoms with Gasteiger partial charge in [-0.2, -0.15) is 0 Å². The lowest BCUT2D eigenvalue weighted by atomic mass is 10.3. The highest BCUT2D eigenvalue weighted by Gasteiger charge is 2.20. The molecule has 1 aromatic carbocycles. The number of hydrogen-bond donors (Lipinski definition) is 1. The van der Waals surface area contributed by atoms with Gasteiger partial charge < -0.3 is 10.1 Å². The van der Waals surface area contributed by atoms with Crippen LogP contribution in [0.2, 0.25) is 0 Å². The second-order valence-electron chi connectivity index (χ2n) is 5.11. The summed E-state index contributed by atoms with van der Waals surface area (Å²) in [6.45, 7) is 3.12. The molecule has 1 N–H and O–H groups in total. The maximum atomic E-state index is 13.6. The van der Waals surface area contributed by atoms with Crippen molar-refractivity contribution in [2.45, 2.75) is 20.0 Å². The zero-order valence-corrected chi connectivity index (χ0v) is 13.8. The van der Waals surface area contributed by atoms with Crippen LogP contribution in [0.5, 0.6) is 5.75 Å². The second kappa shape index (κ2) is 6.40. The topological polar surface area (TPSA) is 72.7 Å². The van der Waals surface area contributed by atoms with Crippen molar-refractivity contribution in [1.82, 2.24) is 9.38 Å². The molecule has 0 bridgehead atoms. The smallest absolute Gasteiger partial charge is 0.282 e. The molecule has 1 atom stereocenters. The molecular weight excluding hydrogens is 333 g/mol. The third-order valence-electron chi connectivity index (χ3n) is 3.41. The summed E-state index contributed by atoms with van der Waals surface area (Å²) in [4.78, 5) is 29.5. The van der Waals surface area contributed by atoms with E-state index in [1.807, 2.05) is 0 Å². The number of halogens is 1. The van der Waals surface area contributed by atoms with Crippen LogP contribution in [-0.4, -0.2) is 21.4 Å². The van der Waals surface area contributed by atoms with E-state index in [-0.39, 0.29) is 17.0 Å². The zero-order chi connectivity index (χ0) is 17.3. The molecule has 0 aliphatic carbocycles. The number of carbonyl (C=O) groups is 1. The van der Waals surface area contributed by atoms with E-state index in [1.165, 1.54) is 40.9 Å². The van der Waals surface area contributed by atoms with E-state index in [9.17, 15) is 14.0 Å². The average molecular weight is 347 g/mol. The molecule has 2 heterocycles. The van der Waals surface area contributed by atoms with Crippen molar-refractivity contribution in [1.29, 1.82) is 0 Å². The van der Waals surface area contributed by atoms with Gasteiger partial charge >= 0.3 is 0 Å². The summed E-state index contributed by atoms with van der Waals surface area (Å²) in [6.07, 6.45) is 0.604. The normalized spacial score (nSPS) is 12.1. The van der Waals surface area contributed by atoms with Gasteiger partial charge in [0.05, 0.1) is 5.69 Å². The van der Waals surface area contributed by atoms with Crippen molar-refractivity contribution in [3.8, 4) is 5.75 Å². The Morgan fingerprint density at radius 3 is 2.92 bits per heavy atom. The number of ether oxygens (including phenoxy) is 1. The first kappa shape index (κ1) is 16.1. The van der Waals surface area contributed by atoms with Crippen LogP contribution in [0.1, 0.15) is 12.6 Å². The van der Waals surface area contributed by atoms with Crippen molar-refractivity contribution < 1.29 is 13.9 Å². The summed E-state index contributed by atoms with van der Waals surface area (Å²) in [5.74, 6) is -1.15. The zero-order valence-electron chi connectivity index (χ0n) is 12.9. The van der Waals surface area contributed by atoms with Gasteiger partial charge in [0, 0.05) is 11.6 Å². The van der Waals surface area contributed by atoms with E-state index < -0.39 is 17.8 Å². The van der Waals surface area contributed by atoms with Gasteiger partial charge in [-0.25, -0.2) is 9.37 Å². The largest absolute Gasteiger partial charge is 0.478 e. The number of hydrogen-bond acceptors (Lipinski definition) is 5. The van der Waals surface area contributed by atoms with Gasteiger partial charge in [-0.1, -0.05) is 12.1 Å². The molecule has 8 heteroatoms. The summed E-state index contributed by atoms with van der Waals surface area (Å²) < 4.78 is 20.3. The average Bonchev–Trinajstić information content (AvgIpc) is 3.01. The number of benzene rings is 1. The van der Waals surface area contributed by atoms with Gasteiger partial charge in [0.2, 0.25) is 0 Å². The Kier molecular flexibility index (Phi) is 4.30. The van der Waals surface area contributed by atoms with Gasteiger partial charge in [-0.15, -0.1) is 11.3 Å². The number of thiazole rings is 1. The van der Waals surface area contributed by atoms with Crippen LogP contribution in [0.25, 0.3) is 4.96 Å². The van der Waals surface area contributed by atoms with Gasteiger partial charge in [0.25, 0.3) is 11.5 Å². The minimum Gasteiger partial charge on any atom is -0.478 e. The highest BCUT2D eigenvalue weighted by atomic mass is 32.1. The van der Waals surface area contributed by atoms with Crippen LogP contribution in [0.15, 0.2) is 40.6 Å². The Morgan fingerprint density at radius 2 is 2.17 bits per heavy atom. The molecular formula is C16H14FN3O3S. The van der Waals surface area contributed by atoms with Crippen LogP contribution in [-0.2, 0) is 4.79 Å². The lowest BCUT2D eigenvalue weighted by Crippen LogP contribution is -2.33. The number of anilines is 1. The number of carbonyl (C=O) groups excluding carboxylic acids is 1. The van der Waals surface area contributed by atoms with Crippen LogP contribution < -0.4 is 15.6 Å². The predicted octanol–water partition coefficient (Wildman–Crippen LogP) is 2.61. The molecule has 0 fully saturated rings. The van der Waals surface area contributed by atoms with Crippen molar-refractivity contribution in [3.05, 3.63) is 57.7 Å². The molecule has 0 spiro atoms. The Morgan fingerprint density at radius 1 is 1.42 bits per heavy atom. The van der Waals surface area contributed by atoms with Crippen LogP contribution >= 0.6 is 11.3 Å². The van der Waals surface area contributed by atoms with Crippen molar-refractivity contribution in [3.63, 3.8) is 0 Å². The maximum absolute atomic E-state index is 13.6. The maximum Gasteiger partial charge on any atom is 0.282 e. The number of nitrogens with zero attached hydrogens (tertiary/aromatic N) is 2. The molecule has 0 saturated carbocycles. The minimum atomic E-state index is -0.983. The van der Waals surface area contributed by atoms with Crippen molar-refractivity contribution in [2.24, 2.45) is 0 Å². The highest BCUT2D eigenvalue weighted by molar-refractivity contribution is 7.15. The van der Waals surface area contributed by atoms with E-state index in [2.05, 4.69) is 10.3 Å². The quantitative estimate of drug-likeness (QED) is 0.787. The molecule has 0 aliphatic rings. The molecule has 1 unspecified atom stereocenters. The molecule has 0 saturated heterocycles. The van der Waals surface area contributed by atoms with Gasteiger partial charge in [-0.05, 0) is 26.0 Å². The first-order valence-corrected chi connectivity index (χ1v) is 8.04. The molecule has 124 valence electrons. The van der Waals surface area contributed by atoms with Crippen molar-refractivity contribution in [2.75, 3.05) is 5.32 Å². The Bertz CT molecular complexity index is 967. The van der Waals surface area contributed by atoms with Crippen molar-refractivity contribution >= 4 is 27.9 Å². The summed E-state index contributed by atoms with van der Waals surface area (Å²) in [5, 5.41) is 4.26. The fourth-order valence-electron chi connectivity index (χ4n) is 2.14. The van der Waals surface area contributed by atoms with Crippen LogP contribution in [0, 0.1) is 12.7 Å². The third-order valence-corrected chi connectivity index (χ3v) is 4.16. The lowest BCUT2D eigenvalue weighted by Gasteiger charge is -2.15. The summed E-state index contributed by atoms with van der Waals surface area (Å²) in [6, 6.07) is 5.80. The molecule has 3 aromatic rings. The number of rotatable bonds is 4. The van der Waals surface area contributed by atoms with Gasteiger partial charge in [0.15, 0.2) is 22.6 Å². The third kappa shape index (κ3) is 3.00. The molecule has 2 aromatic heterocycles. The molecule has 6 nitrogen and oxygen atoms in total. The van der Waals surface area contributed by atoms with E-state index in [0.717, 1.165) is 0 Å². The molecule has 0 aliphatic heterocycles. The van der Waals surface area contributed by atoms with Gasteiger partial charge in [-0.3, -0.25) is 14.0 Å². The Hall–Kier alpha value is -2.74. The Labute approximate surface area is 140 Å². The predicted molar refractivity (Wildman–Crippen MR) is 89.2 cm³/mol. The monoisotopic (exact) mass is 347 g/mol. The SMILES string of the molecule is Cc1nc2sccn2c(=O)c1NC(=O)C(C)Oc1ccccc1F. The minimum absolute atomic E-state index is 0.0278. The first-order valence-electron chi connectivity index (χ1n) is 7.16. The highest BCUT2D eigenvalue weighted by Crippen LogP contribution is 2.18. The molecule has 3 rings (SSSR count). The first-order chi connectivity index (χ1) is 11.5. The molecule has 1 amide bonds. The Balaban J connectivity index is 1.82. The van der Waals surface area contributed by atoms with E-state index in [4.69, 9.17) is 4.74 Å². The number of amides is 1. The molecule has 0 radical (unpaired) electrons. The van der Waals surface area contributed by atoms with Crippen LogP contribution in [0.4, 0.5) is 10.1 Å². The molecule has 24 heavy (non-hydrogen) atoms. The number of para-hydroxylation sites is 1. The summed E-state index contributed by atoms with van der Waals surface area (Å²) in [7, 11) is 0.